The van der Waals surface area contributed by atoms with E-state index in [-0.39, 0.29) is 0 Å². The molecule has 60 valence electrons. The molecule has 2 N–H and O–H groups in total. The van der Waals surface area contributed by atoms with E-state index in [1.807, 2.05) is 6.07 Å². The minimum atomic E-state index is 0.323. The van der Waals surface area contributed by atoms with Crippen molar-refractivity contribution in [1.82, 2.24) is 0 Å². The molecular weight excluding hydrogens is 174 g/mol. The third-order valence-corrected chi connectivity index (χ3v) is 2.87. The van der Waals surface area contributed by atoms with Gasteiger partial charge in [-0.2, -0.15) is 0 Å². The van der Waals surface area contributed by atoms with Crippen molar-refractivity contribution in [3.05, 3.63) is 22.4 Å². The highest BCUT2D eigenvalue weighted by atomic mass is 32.1. The molecule has 0 aliphatic rings. The molecule has 0 fully saturated rings. The fourth-order valence-electron chi connectivity index (χ4n) is 0.831. The quantitative estimate of drug-likeness (QED) is 0.731. The second-order valence-electron chi connectivity index (χ2n) is 2.59. The molecule has 0 aliphatic heterocycles. The van der Waals surface area contributed by atoms with Crippen LogP contribution in [0.1, 0.15) is 11.8 Å². The van der Waals surface area contributed by atoms with Gasteiger partial charge in [0.25, 0.3) is 0 Å². The molecule has 11 heavy (non-hydrogen) atoms. The Bertz CT molecular complexity index is 228. The average molecular weight is 185 g/mol. The second-order valence-corrected chi connectivity index (χ2v) is 4.09. The number of thiophene rings is 1. The van der Waals surface area contributed by atoms with Gasteiger partial charge in [0.2, 0.25) is 0 Å². The van der Waals surface area contributed by atoms with Crippen LogP contribution in [0.25, 0.3) is 0 Å². The molecule has 1 aromatic rings. The van der Waals surface area contributed by atoms with Gasteiger partial charge in [0.1, 0.15) is 0 Å². The Morgan fingerprint density at radius 2 is 2.55 bits per heavy atom. The number of rotatable bonds is 3. The van der Waals surface area contributed by atoms with Crippen LogP contribution in [0.15, 0.2) is 17.5 Å². The van der Waals surface area contributed by atoms with E-state index in [2.05, 4.69) is 18.4 Å². The highest BCUT2D eigenvalue weighted by Crippen LogP contribution is 2.14. The summed E-state index contributed by atoms with van der Waals surface area (Å²) in [5.41, 5.74) is 5.49. The summed E-state index contributed by atoms with van der Waals surface area (Å²) in [5, 5.41) is 2.07. The first-order valence-corrected chi connectivity index (χ1v) is 4.80. The third kappa shape index (κ3) is 2.60. The first-order chi connectivity index (χ1) is 5.20. The summed E-state index contributed by atoms with van der Waals surface area (Å²) in [4.78, 5) is 1.96. The lowest BCUT2D eigenvalue weighted by Crippen LogP contribution is -2.19. The van der Waals surface area contributed by atoms with E-state index in [0.29, 0.717) is 10.9 Å². The minimum absolute atomic E-state index is 0.323. The Labute approximate surface area is 76.2 Å². The van der Waals surface area contributed by atoms with Crippen molar-refractivity contribution in [1.29, 1.82) is 0 Å². The van der Waals surface area contributed by atoms with Gasteiger partial charge in [0.15, 0.2) is 0 Å². The maximum atomic E-state index is 5.49. The fraction of sp³-hybridized carbons (Fsp3) is 0.375. The molecule has 1 unspecified atom stereocenters. The number of nitrogens with two attached hydrogens (primary N) is 1. The molecule has 0 spiro atoms. The molecule has 1 nitrogen and oxygen atoms in total. The SMILES string of the molecule is CC(Cc1cccs1)C(N)=S. The summed E-state index contributed by atoms with van der Waals surface area (Å²) < 4.78 is 0. The average Bonchev–Trinajstić information content (AvgIpc) is 2.39. The summed E-state index contributed by atoms with van der Waals surface area (Å²) >= 11 is 6.63. The van der Waals surface area contributed by atoms with Crippen LogP contribution in [0, 0.1) is 5.92 Å². The molecule has 0 saturated heterocycles. The van der Waals surface area contributed by atoms with Crippen molar-refractivity contribution in [2.24, 2.45) is 11.7 Å². The van der Waals surface area contributed by atoms with E-state index < -0.39 is 0 Å². The molecule has 1 atom stereocenters. The number of hydrogen-bond donors (Lipinski definition) is 1. The summed E-state index contributed by atoms with van der Waals surface area (Å²) in [6.45, 7) is 2.06. The van der Waals surface area contributed by atoms with Crippen LogP contribution in [0.5, 0.6) is 0 Å². The smallest absolute Gasteiger partial charge is 0.0759 e. The van der Waals surface area contributed by atoms with E-state index in [4.69, 9.17) is 18.0 Å². The minimum Gasteiger partial charge on any atom is -0.393 e. The van der Waals surface area contributed by atoms with E-state index in [0.717, 1.165) is 6.42 Å². The van der Waals surface area contributed by atoms with E-state index >= 15 is 0 Å². The predicted octanol–water partition coefficient (Wildman–Crippen LogP) is 2.21. The molecule has 0 aliphatic carbocycles. The van der Waals surface area contributed by atoms with Crippen LogP contribution in [0.4, 0.5) is 0 Å². The maximum Gasteiger partial charge on any atom is 0.0759 e. The van der Waals surface area contributed by atoms with E-state index in [1.54, 1.807) is 11.3 Å². The molecular formula is C8H11NS2. The second kappa shape index (κ2) is 3.83. The molecule has 0 amide bonds. The highest BCUT2D eigenvalue weighted by Gasteiger charge is 2.05. The fourth-order valence-corrected chi connectivity index (χ4v) is 1.75. The lowest BCUT2D eigenvalue weighted by atomic mass is 10.1. The van der Waals surface area contributed by atoms with Gasteiger partial charge in [0, 0.05) is 10.8 Å². The molecule has 1 heterocycles. The van der Waals surface area contributed by atoms with Crippen LogP contribution >= 0.6 is 23.6 Å². The first kappa shape index (κ1) is 8.68. The van der Waals surface area contributed by atoms with Gasteiger partial charge in [-0.15, -0.1) is 11.3 Å². The molecule has 1 rings (SSSR count). The topological polar surface area (TPSA) is 26.0 Å². The van der Waals surface area contributed by atoms with Crippen LogP contribution in [0.3, 0.4) is 0 Å². The van der Waals surface area contributed by atoms with Gasteiger partial charge in [-0.1, -0.05) is 25.2 Å². The lowest BCUT2D eigenvalue weighted by molar-refractivity contribution is 0.782. The molecule has 3 heteroatoms. The van der Waals surface area contributed by atoms with Crippen molar-refractivity contribution < 1.29 is 0 Å². The Hall–Kier alpha value is -0.410. The third-order valence-electron chi connectivity index (χ3n) is 1.57. The molecule has 0 bridgehead atoms. The van der Waals surface area contributed by atoms with Gasteiger partial charge in [-0.05, 0) is 17.9 Å². The summed E-state index contributed by atoms with van der Waals surface area (Å²) in [5.74, 6) is 0.323. The van der Waals surface area contributed by atoms with Gasteiger partial charge in [-0.3, -0.25) is 0 Å². The summed E-state index contributed by atoms with van der Waals surface area (Å²) in [6, 6.07) is 4.16. The van der Waals surface area contributed by atoms with Crippen molar-refractivity contribution in [3.63, 3.8) is 0 Å². The Morgan fingerprint density at radius 1 is 1.82 bits per heavy atom. The zero-order valence-corrected chi connectivity index (χ0v) is 8.04. The molecule has 0 saturated carbocycles. The number of thiocarbonyl (C=S) groups is 1. The monoisotopic (exact) mass is 185 g/mol. The number of hydrogen-bond acceptors (Lipinski definition) is 2. The predicted molar refractivity (Wildman–Crippen MR) is 54.0 cm³/mol. The largest absolute Gasteiger partial charge is 0.393 e. The van der Waals surface area contributed by atoms with E-state index in [9.17, 15) is 0 Å². The molecule has 0 radical (unpaired) electrons. The van der Waals surface area contributed by atoms with Crippen LogP contribution in [-0.4, -0.2) is 4.99 Å². The molecule has 0 aromatic carbocycles. The van der Waals surface area contributed by atoms with Gasteiger partial charge < -0.3 is 5.73 Å². The van der Waals surface area contributed by atoms with Crippen LogP contribution in [-0.2, 0) is 6.42 Å². The van der Waals surface area contributed by atoms with Gasteiger partial charge >= 0.3 is 0 Å². The summed E-state index contributed by atoms with van der Waals surface area (Å²) in [6.07, 6.45) is 0.979. The van der Waals surface area contributed by atoms with Crippen molar-refractivity contribution in [2.75, 3.05) is 0 Å². The Kier molecular flexibility index (Phi) is 3.02. The normalized spacial score (nSPS) is 12.8. The first-order valence-electron chi connectivity index (χ1n) is 3.52. The zero-order chi connectivity index (χ0) is 8.27. The van der Waals surface area contributed by atoms with Gasteiger partial charge in [0.05, 0.1) is 4.99 Å². The van der Waals surface area contributed by atoms with Crippen LogP contribution < -0.4 is 5.73 Å². The van der Waals surface area contributed by atoms with E-state index in [1.165, 1.54) is 4.88 Å². The lowest BCUT2D eigenvalue weighted by Gasteiger charge is -2.06. The zero-order valence-electron chi connectivity index (χ0n) is 6.41. The summed E-state index contributed by atoms with van der Waals surface area (Å²) in [7, 11) is 0. The van der Waals surface area contributed by atoms with Crippen molar-refractivity contribution >= 4 is 28.5 Å². The van der Waals surface area contributed by atoms with Crippen molar-refractivity contribution in [3.8, 4) is 0 Å². The van der Waals surface area contributed by atoms with Gasteiger partial charge in [-0.25, -0.2) is 0 Å². The Balaban J connectivity index is 2.50. The van der Waals surface area contributed by atoms with Crippen molar-refractivity contribution in [2.45, 2.75) is 13.3 Å². The highest BCUT2D eigenvalue weighted by molar-refractivity contribution is 7.80. The maximum absolute atomic E-state index is 5.49. The van der Waals surface area contributed by atoms with Crippen LogP contribution in [0.2, 0.25) is 0 Å². The Morgan fingerprint density at radius 3 is 3.00 bits per heavy atom. The molecule has 1 aromatic heterocycles. The standard InChI is InChI=1S/C8H11NS2/c1-6(8(9)10)5-7-3-2-4-11-7/h2-4,6H,5H2,1H3,(H2,9,10).